The van der Waals surface area contributed by atoms with Gasteiger partial charge in [-0.3, -0.25) is 14.9 Å². The molecular formula is C11H6N4O4S. The van der Waals surface area contributed by atoms with E-state index in [2.05, 4.69) is 15.0 Å². The maximum Gasteiger partial charge on any atom is 0.280 e. The summed E-state index contributed by atoms with van der Waals surface area (Å²) in [4.78, 5) is 31.0. The highest BCUT2D eigenvalue weighted by Gasteiger charge is 2.24. The Hall–Kier alpha value is -2.81. The van der Waals surface area contributed by atoms with Crippen LogP contribution in [0, 0.1) is 14.9 Å². The number of aromatic hydroxyl groups is 1. The lowest BCUT2D eigenvalue weighted by Gasteiger charge is -1.96. The Kier molecular flexibility index (Phi) is 2.51. The molecule has 0 saturated carbocycles. The number of hydrogen-bond acceptors (Lipinski definition) is 5. The fraction of sp³-hybridized carbons (Fsp3) is 0. The zero-order chi connectivity index (χ0) is 14.4. The number of nitrogens with zero attached hydrogens (tertiary/aromatic N) is 2. The minimum atomic E-state index is -0.596. The largest absolute Gasteiger partial charge is 0.493 e. The van der Waals surface area contributed by atoms with E-state index in [-0.39, 0.29) is 32.8 Å². The minimum absolute atomic E-state index is 0.0496. The molecular weight excluding hydrogens is 284 g/mol. The van der Waals surface area contributed by atoms with Crippen molar-refractivity contribution in [3.05, 3.63) is 49.4 Å². The molecule has 8 nitrogen and oxygen atoms in total. The molecule has 1 amide bonds. The number of nitrogens with one attached hydrogen (secondary N) is 2. The number of H-pyrrole nitrogens is 2. The fourth-order valence-corrected chi connectivity index (χ4v) is 2.21. The molecule has 0 aliphatic carbocycles. The number of non-ortho nitro benzene ring substituents is 1. The highest BCUT2D eigenvalue weighted by Crippen LogP contribution is 2.21. The van der Waals surface area contributed by atoms with Gasteiger partial charge in [0.15, 0.2) is 4.77 Å². The number of nitro benzene ring substituents is 1. The number of aromatic amines is 2. The molecule has 0 radical (unpaired) electrons. The van der Waals surface area contributed by atoms with Gasteiger partial charge in [0.2, 0.25) is 5.88 Å². The Labute approximate surface area is 115 Å². The smallest absolute Gasteiger partial charge is 0.280 e. The van der Waals surface area contributed by atoms with Crippen LogP contribution in [0.2, 0.25) is 0 Å². The first kappa shape index (κ1) is 12.2. The number of benzene rings is 1. The Bertz CT molecular complexity index is 940. The Morgan fingerprint density at radius 2 is 2.10 bits per heavy atom. The monoisotopic (exact) mass is 290 g/mol. The topological polar surface area (TPSA) is 124 Å². The third-order valence-corrected chi connectivity index (χ3v) is 3.06. The highest BCUT2D eigenvalue weighted by molar-refractivity contribution is 7.71. The Balaban J connectivity index is 2.41. The predicted octanol–water partition coefficient (Wildman–Crippen LogP) is 0.0449. The van der Waals surface area contributed by atoms with Crippen molar-refractivity contribution in [3.63, 3.8) is 0 Å². The lowest BCUT2D eigenvalue weighted by Crippen LogP contribution is -2.23. The van der Waals surface area contributed by atoms with E-state index in [9.17, 15) is 20.0 Å². The van der Waals surface area contributed by atoms with E-state index < -0.39 is 10.8 Å². The van der Waals surface area contributed by atoms with Crippen LogP contribution in [0.5, 0.6) is 5.88 Å². The van der Waals surface area contributed by atoms with Crippen LogP contribution in [-0.2, 0) is 4.79 Å². The van der Waals surface area contributed by atoms with E-state index >= 15 is 0 Å². The standard InChI is InChI=1S/C11H6N4O4S/c16-9-7(8-10(17)14-11(20)13-8)5-3-4(15(18)19)1-2-6(5)12-9/h1-3,17H,(H2,13,14,20). The molecule has 1 aromatic carbocycles. The van der Waals surface area contributed by atoms with Crippen LogP contribution in [-0.4, -0.2) is 25.9 Å². The van der Waals surface area contributed by atoms with Gasteiger partial charge in [-0.25, -0.2) is 4.99 Å². The normalized spacial score (nSPS) is 13.2. The fourth-order valence-electron chi connectivity index (χ4n) is 2.01. The van der Waals surface area contributed by atoms with Crippen molar-refractivity contribution in [2.24, 2.45) is 4.99 Å². The average Bonchev–Trinajstić information content (AvgIpc) is 2.86. The number of carbonyl (C=O) groups excluding carboxylic acids is 1. The summed E-state index contributed by atoms with van der Waals surface area (Å²) >= 11 is 4.83. The summed E-state index contributed by atoms with van der Waals surface area (Å²) in [6.45, 7) is 0. The van der Waals surface area contributed by atoms with Gasteiger partial charge in [-0.05, 0) is 18.3 Å². The summed E-state index contributed by atoms with van der Waals surface area (Å²) in [5.74, 6) is -0.908. The van der Waals surface area contributed by atoms with Crippen LogP contribution in [0.15, 0.2) is 23.2 Å². The van der Waals surface area contributed by atoms with Gasteiger partial charge in [-0.15, -0.1) is 0 Å². The van der Waals surface area contributed by atoms with Crippen molar-refractivity contribution in [2.45, 2.75) is 0 Å². The second-order valence-corrected chi connectivity index (χ2v) is 4.46. The summed E-state index contributed by atoms with van der Waals surface area (Å²) < 4.78 is 0.136. The molecule has 1 aromatic heterocycles. The number of fused-ring (bicyclic) bond motifs is 1. The van der Waals surface area contributed by atoms with Crippen molar-refractivity contribution in [2.75, 3.05) is 0 Å². The Morgan fingerprint density at radius 3 is 2.70 bits per heavy atom. The van der Waals surface area contributed by atoms with Crippen LogP contribution in [0.4, 0.5) is 5.69 Å². The minimum Gasteiger partial charge on any atom is -0.493 e. The van der Waals surface area contributed by atoms with Crippen molar-refractivity contribution in [1.82, 2.24) is 9.97 Å². The molecule has 3 rings (SSSR count). The number of hydrogen-bond donors (Lipinski definition) is 3. The summed E-state index contributed by atoms with van der Waals surface area (Å²) in [6.07, 6.45) is 0. The van der Waals surface area contributed by atoms with E-state index in [0.717, 1.165) is 0 Å². The van der Waals surface area contributed by atoms with Gasteiger partial charge in [0.05, 0.1) is 15.9 Å². The maximum absolute atomic E-state index is 11.9. The molecule has 2 aromatic rings. The maximum atomic E-state index is 11.9. The molecule has 0 saturated heterocycles. The predicted molar refractivity (Wildman–Crippen MR) is 69.0 cm³/mol. The second-order valence-electron chi connectivity index (χ2n) is 4.05. The van der Waals surface area contributed by atoms with Gasteiger partial charge in [-0.2, -0.15) is 0 Å². The molecule has 3 N–H and O–H groups in total. The lowest BCUT2D eigenvalue weighted by molar-refractivity contribution is -0.385. The Morgan fingerprint density at radius 1 is 1.35 bits per heavy atom. The van der Waals surface area contributed by atoms with Crippen LogP contribution in [0.3, 0.4) is 0 Å². The molecule has 9 heteroatoms. The average molecular weight is 290 g/mol. The number of rotatable bonds is 2. The molecule has 0 spiro atoms. The number of carbonyl (C=O) groups is 1. The van der Waals surface area contributed by atoms with Gasteiger partial charge in [0, 0.05) is 17.4 Å². The third-order valence-electron chi connectivity index (χ3n) is 2.85. The van der Waals surface area contributed by atoms with E-state index in [4.69, 9.17) is 12.2 Å². The van der Waals surface area contributed by atoms with Crippen molar-refractivity contribution in [1.29, 1.82) is 0 Å². The first-order valence-corrected chi connectivity index (χ1v) is 5.81. The van der Waals surface area contributed by atoms with Crippen molar-refractivity contribution in [3.8, 4) is 5.88 Å². The van der Waals surface area contributed by atoms with E-state index in [0.29, 0.717) is 5.36 Å². The van der Waals surface area contributed by atoms with Gasteiger partial charge in [0.1, 0.15) is 5.69 Å². The molecule has 0 atom stereocenters. The molecule has 1 aliphatic heterocycles. The molecule has 0 unspecified atom stereocenters. The molecule has 100 valence electrons. The molecule has 1 aliphatic rings. The SMILES string of the molecule is O=C1N=c2ccc([N+](=O)[O-])cc2=C1c1[nH]c(=S)[nH]c1O. The number of aromatic nitrogens is 2. The van der Waals surface area contributed by atoms with E-state index in [1.807, 2.05) is 0 Å². The number of nitro groups is 1. The van der Waals surface area contributed by atoms with Crippen LogP contribution in [0.1, 0.15) is 5.69 Å². The quantitative estimate of drug-likeness (QED) is 0.409. The van der Waals surface area contributed by atoms with Crippen LogP contribution >= 0.6 is 12.2 Å². The van der Waals surface area contributed by atoms with Gasteiger partial charge >= 0.3 is 0 Å². The second kappa shape index (κ2) is 4.10. The van der Waals surface area contributed by atoms with Crippen molar-refractivity contribution >= 4 is 29.4 Å². The van der Waals surface area contributed by atoms with Crippen LogP contribution in [0.25, 0.3) is 5.57 Å². The summed E-state index contributed by atoms with van der Waals surface area (Å²) in [5.41, 5.74) is -0.0451. The third kappa shape index (κ3) is 1.72. The first-order chi connectivity index (χ1) is 9.47. The number of amides is 1. The van der Waals surface area contributed by atoms with Gasteiger partial charge in [0.25, 0.3) is 11.6 Å². The van der Waals surface area contributed by atoms with Gasteiger partial charge < -0.3 is 15.1 Å². The van der Waals surface area contributed by atoms with Gasteiger partial charge in [-0.1, -0.05) is 0 Å². The molecule has 2 heterocycles. The van der Waals surface area contributed by atoms with E-state index in [1.54, 1.807) is 0 Å². The van der Waals surface area contributed by atoms with Crippen molar-refractivity contribution < 1.29 is 14.8 Å². The number of imidazole rings is 1. The highest BCUT2D eigenvalue weighted by atomic mass is 32.1. The first-order valence-electron chi connectivity index (χ1n) is 5.41. The molecule has 0 fully saturated rings. The van der Waals surface area contributed by atoms with Crippen LogP contribution < -0.4 is 10.6 Å². The summed E-state index contributed by atoms with van der Waals surface area (Å²) in [6, 6.07) is 3.89. The summed E-state index contributed by atoms with van der Waals surface area (Å²) in [5, 5.41) is 21.1. The molecule has 0 bridgehead atoms. The molecule has 20 heavy (non-hydrogen) atoms. The zero-order valence-electron chi connectivity index (χ0n) is 9.71. The lowest BCUT2D eigenvalue weighted by atomic mass is 10.1. The van der Waals surface area contributed by atoms with E-state index in [1.165, 1.54) is 18.2 Å². The zero-order valence-corrected chi connectivity index (χ0v) is 10.5. The summed E-state index contributed by atoms with van der Waals surface area (Å²) in [7, 11) is 0.